The predicted molar refractivity (Wildman–Crippen MR) is 81.7 cm³/mol. The van der Waals surface area contributed by atoms with Gasteiger partial charge < -0.3 is 10.2 Å². The standard InChI is InChI=1S/C15H21FN2O2S/c1-18(13-7-8-21(19,20)10-13)15-11(3-2-4-14(15)16)9-17-12-5-6-12/h2-4,12-13,17H,5-10H2,1H3. The number of halogens is 1. The van der Waals surface area contributed by atoms with Crippen molar-refractivity contribution in [3.8, 4) is 0 Å². The summed E-state index contributed by atoms with van der Waals surface area (Å²) in [7, 11) is -1.17. The van der Waals surface area contributed by atoms with Crippen LogP contribution in [0.1, 0.15) is 24.8 Å². The third kappa shape index (κ3) is 3.37. The molecule has 0 radical (unpaired) electrons. The minimum absolute atomic E-state index is 0.118. The average Bonchev–Trinajstić information content (AvgIpc) is 3.18. The highest BCUT2D eigenvalue weighted by atomic mass is 32.2. The van der Waals surface area contributed by atoms with Gasteiger partial charge in [0.1, 0.15) is 5.82 Å². The van der Waals surface area contributed by atoms with Crippen LogP contribution in [0.25, 0.3) is 0 Å². The van der Waals surface area contributed by atoms with Crippen LogP contribution >= 0.6 is 0 Å². The topological polar surface area (TPSA) is 49.4 Å². The molecule has 6 heteroatoms. The van der Waals surface area contributed by atoms with Crippen LogP contribution in [0.2, 0.25) is 0 Å². The molecule has 2 aliphatic rings. The fraction of sp³-hybridized carbons (Fsp3) is 0.600. The van der Waals surface area contributed by atoms with Gasteiger partial charge in [-0.25, -0.2) is 12.8 Å². The summed E-state index contributed by atoms with van der Waals surface area (Å²) in [5, 5.41) is 3.39. The second kappa shape index (κ2) is 5.57. The van der Waals surface area contributed by atoms with Gasteiger partial charge in [-0.15, -0.1) is 0 Å². The Hall–Kier alpha value is -1.14. The normalized spacial score (nSPS) is 24.2. The number of hydrogen-bond donors (Lipinski definition) is 1. The van der Waals surface area contributed by atoms with Gasteiger partial charge in [0.05, 0.1) is 17.2 Å². The third-order valence-corrected chi connectivity index (χ3v) is 6.09. The van der Waals surface area contributed by atoms with Crippen LogP contribution in [0.5, 0.6) is 0 Å². The molecule has 1 N–H and O–H groups in total. The molecule has 1 aromatic rings. The number of nitrogens with zero attached hydrogens (tertiary/aromatic N) is 1. The lowest BCUT2D eigenvalue weighted by molar-refractivity contribution is 0.592. The van der Waals surface area contributed by atoms with Crippen molar-refractivity contribution in [1.29, 1.82) is 0 Å². The first-order valence-corrected chi connectivity index (χ1v) is 9.22. The van der Waals surface area contributed by atoms with Crippen molar-refractivity contribution in [2.45, 2.75) is 37.9 Å². The number of anilines is 1. The molecule has 1 aliphatic heterocycles. The van der Waals surface area contributed by atoms with E-state index in [9.17, 15) is 12.8 Å². The fourth-order valence-corrected chi connectivity index (χ4v) is 4.68. The molecule has 1 saturated heterocycles. The van der Waals surface area contributed by atoms with Crippen LogP contribution in [0.4, 0.5) is 10.1 Å². The van der Waals surface area contributed by atoms with E-state index in [0.29, 0.717) is 24.7 Å². The lowest BCUT2D eigenvalue weighted by Crippen LogP contribution is -2.34. The Kier molecular flexibility index (Phi) is 3.92. The molecule has 1 saturated carbocycles. The van der Waals surface area contributed by atoms with E-state index in [2.05, 4.69) is 5.32 Å². The Bertz CT molecular complexity index is 629. The first-order chi connectivity index (χ1) is 9.96. The van der Waals surface area contributed by atoms with Crippen molar-refractivity contribution < 1.29 is 12.8 Å². The molecular weight excluding hydrogens is 291 g/mol. The van der Waals surface area contributed by atoms with Gasteiger partial charge in [0.15, 0.2) is 9.84 Å². The van der Waals surface area contributed by atoms with E-state index in [1.807, 2.05) is 11.0 Å². The molecule has 1 aromatic carbocycles. The second-order valence-electron chi connectivity index (χ2n) is 6.07. The zero-order valence-electron chi connectivity index (χ0n) is 12.2. The Morgan fingerprint density at radius 2 is 2.10 bits per heavy atom. The first-order valence-electron chi connectivity index (χ1n) is 7.40. The van der Waals surface area contributed by atoms with Crippen LogP contribution < -0.4 is 10.2 Å². The van der Waals surface area contributed by atoms with Gasteiger partial charge in [-0.05, 0) is 30.9 Å². The molecule has 0 bridgehead atoms. The summed E-state index contributed by atoms with van der Waals surface area (Å²) in [6.45, 7) is 0.627. The molecule has 0 amide bonds. The van der Waals surface area contributed by atoms with Crippen molar-refractivity contribution in [3.63, 3.8) is 0 Å². The molecule has 3 rings (SSSR count). The SMILES string of the molecule is CN(c1c(F)cccc1CNC1CC1)C1CCS(=O)(=O)C1. The first kappa shape index (κ1) is 14.8. The maximum atomic E-state index is 14.3. The quantitative estimate of drug-likeness (QED) is 0.899. The Labute approximate surface area is 125 Å². The summed E-state index contributed by atoms with van der Waals surface area (Å²) in [5.41, 5.74) is 1.43. The number of benzene rings is 1. The molecule has 2 fully saturated rings. The van der Waals surface area contributed by atoms with Gasteiger partial charge in [0, 0.05) is 25.7 Å². The van der Waals surface area contributed by atoms with Gasteiger partial charge in [0.25, 0.3) is 0 Å². The van der Waals surface area contributed by atoms with Crippen molar-refractivity contribution in [2.75, 3.05) is 23.5 Å². The van der Waals surface area contributed by atoms with Gasteiger partial charge in [-0.3, -0.25) is 0 Å². The minimum atomic E-state index is -2.97. The van der Waals surface area contributed by atoms with Gasteiger partial charge >= 0.3 is 0 Å². The number of hydrogen-bond acceptors (Lipinski definition) is 4. The van der Waals surface area contributed by atoms with E-state index in [0.717, 1.165) is 5.56 Å². The van der Waals surface area contributed by atoms with Gasteiger partial charge in [0.2, 0.25) is 0 Å². The van der Waals surface area contributed by atoms with E-state index in [1.54, 1.807) is 13.1 Å². The zero-order valence-corrected chi connectivity index (χ0v) is 13.0. The zero-order chi connectivity index (χ0) is 15.0. The molecule has 0 spiro atoms. The lowest BCUT2D eigenvalue weighted by Gasteiger charge is -2.28. The highest BCUT2D eigenvalue weighted by Gasteiger charge is 2.32. The summed E-state index contributed by atoms with van der Waals surface area (Å²) in [6.07, 6.45) is 2.94. The largest absolute Gasteiger partial charge is 0.368 e. The fourth-order valence-electron chi connectivity index (χ4n) is 2.90. The van der Waals surface area contributed by atoms with E-state index >= 15 is 0 Å². The molecular formula is C15H21FN2O2S. The Morgan fingerprint density at radius 1 is 1.33 bits per heavy atom. The Balaban J connectivity index is 1.82. The second-order valence-corrected chi connectivity index (χ2v) is 8.30. The smallest absolute Gasteiger partial charge is 0.152 e. The molecule has 0 aromatic heterocycles. The van der Waals surface area contributed by atoms with Crippen LogP contribution in [-0.2, 0) is 16.4 Å². The minimum Gasteiger partial charge on any atom is -0.368 e. The maximum absolute atomic E-state index is 14.3. The Morgan fingerprint density at radius 3 is 2.71 bits per heavy atom. The average molecular weight is 312 g/mol. The monoisotopic (exact) mass is 312 g/mol. The summed E-state index contributed by atoms with van der Waals surface area (Å²) in [5.74, 6) is 0.0382. The summed E-state index contributed by atoms with van der Waals surface area (Å²) in [4.78, 5) is 1.81. The molecule has 1 heterocycles. The molecule has 21 heavy (non-hydrogen) atoms. The lowest BCUT2D eigenvalue weighted by atomic mass is 10.1. The summed E-state index contributed by atoms with van der Waals surface area (Å²) in [6, 6.07) is 5.48. The summed E-state index contributed by atoms with van der Waals surface area (Å²) < 4.78 is 37.5. The van der Waals surface area contributed by atoms with Gasteiger partial charge in [-0.2, -0.15) is 0 Å². The molecule has 1 atom stereocenters. The highest BCUT2D eigenvalue weighted by molar-refractivity contribution is 7.91. The maximum Gasteiger partial charge on any atom is 0.152 e. The van der Waals surface area contributed by atoms with E-state index in [1.165, 1.54) is 18.9 Å². The number of rotatable bonds is 5. The number of sulfone groups is 1. The van der Waals surface area contributed by atoms with Crippen LogP contribution in [0.3, 0.4) is 0 Å². The van der Waals surface area contributed by atoms with Crippen molar-refractivity contribution in [3.05, 3.63) is 29.6 Å². The van der Waals surface area contributed by atoms with Crippen molar-refractivity contribution >= 4 is 15.5 Å². The van der Waals surface area contributed by atoms with Crippen LogP contribution in [-0.4, -0.2) is 39.1 Å². The number of para-hydroxylation sites is 1. The predicted octanol–water partition coefficient (Wildman–Crippen LogP) is 1.70. The molecule has 1 unspecified atom stereocenters. The molecule has 116 valence electrons. The van der Waals surface area contributed by atoms with Crippen LogP contribution in [0.15, 0.2) is 18.2 Å². The van der Waals surface area contributed by atoms with E-state index < -0.39 is 9.84 Å². The summed E-state index contributed by atoms with van der Waals surface area (Å²) >= 11 is 0. The van der Waals surface area contributed by atoms with Crippen molar-refractivity contribution in [2.24, 2.45) is 0 Å². The molecule has 1 aliphatic carbocycles. The van der Waals surface area contributed by atoms with Gasteiger partial charge in [-0.1, -0.05) is 12.1 Å². The third-order valence-electron chi connectivity index (χ3n) is 4.34. The van der Waals surface area contributed by atoms with E-state index in [4.69, 9.17) is 0 Å². The number of nitrogens with one attached hydrogen (secondary N) is 1. The highest BCUT2D eigenvalue weighted by Crippen LogP contribution is 2.29. The van der Waals surface area contributed by atoms with E-state index in [-0.39, 0.29) is 23.4 Å². The molecule has 4 nitrogen and oxygen atoms in total. The van der Waals surface area contributed by atoms with Crippen LogP contribution in [0, 0.1) is 5.82 Å². The van der Waals surface area contributed by atoms with Crippen molar-refractivity contribution in [1.82, 2.24) is 5.32 Å².